The first-order valence-electron chi connectivity index (χ1n) is 7.36. The van der Waals surface area contributed by atoms with E-state index in [2.05, 4.69) is 14.2 Å². The van der Waals surface area contributed by atoms with Gasteiger partial charge in [-0.1, -0.05) is 33.8 Å². The van der Waals surface area contributed by atoms with Crippen LogP contribution in [-0.2, 0) is 14.2 Å². The highest BCUT2D eigenvalue weighted by atomic mass is 19.4. The normalized spacial score (nSPS) is 18.1. The molecule has 0 amide bonds. The zero-order valence-corrected chi connectivity index (χ0v) is 14.5. The molecule has 0 aromatic rings. The number of hydrogen-bond donors (Lipinski definition) is 0. The lowest BCUT2D eigenvalue weighted by atomic mass is 10.3. The van der Waals surface area contributed by atoms with Crippen LogP contribution in [0.3, 0.4) is 0 Å². The predicted octanol–water partition coefficient (Wildman–Crippen LogP) is 3.50. The SMILES string of the molecule is CCC(OC(CN(F)F)N(F)F)(OC(CN(F)F)N(F)F)OC(CN(F)F)N(F)F. The van der Waals surface area contributed by atoms with Crippen LogP contribution in [-0.4, -0.2) is 76.4 Å². The third-order valence-corrected chi connectivity index (χ3v) is 2.92. The molecular formula is C9H14F12N6O3. The molecule has 0 heterocycles. The first-order chi connectivity index (χ1) is 13.7. The molecule has 3 atom stereocenters. The fourth-order valence-corrected chi connectivity index (χ4v) is 1.73. The van der Waals surface area contributed by atoms with Gasteiger partial charge in [0.25, 0.3) is 5.97 Å². The first kappa shape index (κ1) is 28.8. The Morgan fingerprint density at radius 2 is 0.767 bits per heavy atom. The van der Waals surface area contributed by atoms with Crippen molar-refractivity contribution in [2.45, 2.75) is 38.0 Å². The summed E-state index contributed by atoms with van der Waals surface area (Å²) in [6.45, 7) is -5.34. The minimum Gasteiger partial charge on any atom is -0.301 e. The molecule has 30 heavy (non-hydrogen) atoms. The molecule has 21 heteroatoms. The van der Waals surface area contributed by atoms with E-state index in [1.165, 1.54) is 0 Å². The fraction of sp³-hybridized carbons (Fsp3) is 1.00. The summed E-state index contributed by atoms with van der Waals surface area (Å²) in [6.07, 6.45) is -10.6. The van der Waals surface area contributed by atoms with Gasteiger partial charge in [0.05, 0.1) is 16.0 Å². The summed E-state index contributed by atoms with van der Waals surface area (Å²) in [6, 6.07) is 0. The van der Waals surface area contributed by atoms with E-state index < -0.39 is 82.8 Å². The van der Waals surface area contributed by atoms with Crippen LogP contribution in [0.4, 0.5) is 53.8 Å². The molecule has 3 unspecified atom stereocenters. The molecule has 0 aromatic heterocycles. The molecule has 182 valence electrons. The molecule has 0 N–H and O–H groups in total. The summed E-state index contributed by atoms with van der Waals surface area (Å²) >= 11 is 0. The maximum Gasteiger partial charge on any atom is 0.287 e. The van der Waals surface area contributed by atoms with Gasteiger partial charge in [-0.2, -0.15) is 0 Å². The Morgan fingerprint density at radius 1 is 0.533 bits per heavy atom. The molecule has 0 aromatic carbocycles. The Balaban J connectivity index is 6.01. The molecule has 9 nitrogen and oxygen atoms in total. The van der Waals surface area contributed by atoms with Gasteiger partial charge in [-0.15, -0.1) is 26.9 Å². The highest BCUT2D eigenvalue weighted by Crippen LogP contribution is 2.30. The molecule has 0 spiro atoms. The van der Waals surface area contributed by atoms with E-state index in [0.29, 0.717) is 0 Å². The van der Waals surface area contributed by atoms with E-state index >= 15 is 0 Å². The molecule has 0 radical (unpaired) electrons. The minimum absolute atomic E-state index is 0.752. The highest BCUT2D eigenvalue weighted by molar-refractivity contribution is 4.66. The maximum atomic E-state index is 12.8. The largest absolute Gasteiger partial charge is 0.301 e. The van der Waals surface area contributed by atoms with Gasteiger partial charge in [-0.05, 0) is 0 Å². The van der Waals surface area contributed by atoms with Crippen molar-refractivity contribution in [2.75, 3.05) is 19.6 Å². The number of ether oxygens (including phenoxy) is 3. The van der Waals surface area contributed by atoms with Crippen LogP contribution >= 0.6 is 0 Å². The number of hydrogen-bond acceptors (Lipinski definition) is 9. The second-order valence-electron chi connectivity index (χ2n) is 4.99. The topological polar surface area (TPSA) is 47.1 Å². The van der Waals surface area contributed by atoms with Crippen LogP contribution in [0.5, 0.6) is 0 Å². The third kappa shape index (κ3) is 10.7. The summed E-state index contributed by atoms with van der Waals surface area (Å²) < 4.78 is 163. The standard InChI is InChI=1S/C9H14F12N6O3/c1-2-9(28-6(25(16)17)3-22(10)11,29-7(26(18)19)4-23(12)13)30-8(27(20)21)5-24(14)15/h6-8H,2-5H2,1H3. The van der Waals surface area contributed by atoms with Gasteiger partial charge in [-0.3, -0.25) is 0 Å². The van der Waals surface area contributed by atoms with Gasteiger partial charge >= 0.3 is 0 Å². The monoisotopic (exact) mass is 482 g/mol. The lowest BCUT2D eigenvalue weighted by molar-refractivity contribution is -0.496. The highest BCUT2D eigenvalue weighted by Gasteiger charge is 2.46. The van der Waals surface area contributed by atoms with Crippen molar-refractivity contribution in [3.8, 4) is 0 Å². The van der Waals surface area contributed by atoms with Gasteiger partial charge in [0.15, 0.2) is 18.7 Å². The van der Waals surface area contributed by atoms with Gasteiger partial charge < -0.3 is 14.2 Å². The van der Waals surface area contributed by atoms with Crippen LogP contribution in [0.25, 0.3) is 0 Å². The molecule has 0 saturated carbocycles. The lowest BCUT2D eigenvalue weighted by Crippen LogP contribution is -2.54. The minimum atomic E-state index is -3.63. The smallest absolute Gasteiger partial charge is 0.287 e. The summed E-state index contributed by atoms with van der Waals surface area (Å²) in [5.74, 6) is -3.63. The Bertz CT molecular complexity index is 407. The molecule has 0 rings (SSSR count). The Morgan fingerprint density at radius 3 is 0.900 bits per heavy atom. The lowest BCUT2D eigenvalue weighted by Gasteiger charge is -2.39. The van der Waals surface area contributed by atoms with Gasteiger partial charge in [0, 0.05) is 22.5 Å². The van der Waals surface area contributed by atoms with Crippen molar-refractivity contribution in [3.63, 3.8) is 0 Å². The van der Waals surface area contributed by atoms with Crippen molar-refractivity contribution >= 4 is 0 Å². The second kappa shape index (κ2) is 13.3. The van der Waals surface area contributed by atoms with Crippen LogP contribution < -0.4 is 0 Å². The fourth-order valence-electron chi connectivity index (χ4n) is 1.73. The molecular weight excluding hydrogens is 468 g/mol. The predicted molar refractivity (Wildman–Crippen MR) is 66.6 cm³/mol. The van der Waals surface area contributed by atoms with E-state index in [0.717, 1.165) is 6.92 Å². The van der Waals surface area contributed by atoms with Crippen molar-refractivity contribution in [3.05, 3.63) is 0 Å². The Kier molecular flexibility index (Phi) is 12.7. The third-order valence-electron chi connectivity index (χ3n) is 2.92. The first-order valence-corrected chi connectivity index (χ1v) is 7.36. The van der Waals surface area contributed by atoms with E-state index in [1.54, 1.807) is 0 Å². The van der Waals surface area contributed by atoms with E-state index in [-0.39, 0.29) is 0 Å². The molecule has 0 fully saturated rings. The molecule has 0 saturated heterocycles. The summed E-state index contributed by atoms with van der Waals surface area (Å²) in [7, 11) is 0. The van der Waals surface area contributed by atoms with E-state index in [4.69, 9.17) is 0 Å². The van der Waals surface area contributed by atoms with Crippen LogP contribution in [0.1, 0.15) is 13.3 Å². The Labute approximate surface area is 159 Å². The van der Waals surface area contributed by atoms with E-state index in [9.17, 15) is 53.8 Å². The Hall–Kier alpha value is -1.20. The van der Waals surface area contributed by atoms with Gasteiger partial charge in [0.1, 0.15) is 19.6 Å². The average Bonchev–Trinajstić information content (AvgIpc) is 2.58. The summed E-state index contributed by atoms with van der Waals surface area (Å²) in [4.78, 5) is 0. The molecule has 0 aliphatic rings. The number of nitrogens with zero attached hydrogens (tertiary/aromatic N) is 6. The van der Waals surface area contributed by atoms with Gasteiger partial charge in [-0.25, -0.2) is 0 Å². The van der Waals surface area contributed by atoms with Crippen molar-refractivity contribution < 1.29 is 68.0 Å². The molecule has 0 bridgehead atoms. The molecule has 0 aliphatic carbocycles. The summed E-state index contributed by atoms with van der Waals surface area (Å²) in [5.41, 5.74) is 0. The van der Waals surface area contributed by atoms with Crippen LogP contribution in [0.2, 0.25) is 0 Å². The average molecular weight is 482 g/mol. The second-order valence-corrected chi connectivity index (χ2v) is 4.99. The van der Waals surface area contributed by atoms with Crippen LogP contribution in [0, 0.1) is 0 Å². The van der Waals surface area contributed by atoms with Crippen molar-refractivity contribution in [2.24, 2.45) is 0 Å². The number of rotatable bonds is 16. The van der Waals surface area contributed by atoms with Crippen molar-refractivity contribution in [1.82, 2.24) is 32.1 Å². The molecule has 0 aliphatic heterocycles. The zero-order chi connectivity index (χ0) is 23.6. The quantitative estimate of drug-likeness (QED) is 0.187. The number of halogens is 12. The summed E-state index contributed by atoms with van der Waals surface area (Å²) in [5, 5.41) is -12.0. The van der Waals surface area contributed by atoms with Crippen LogP contribution in [0.15, 0.2) is 0 Å². The van der Waals surface area contributed by atoms with E-state index in [1.807, 2.05) is 0 Å². The zero-order valence-electron chi connectivity index (χ0n) is 14.5. The van der Waals surface area contributed by atoms with Gasteiger partial charge in [0.2, 0.25) is 0 Å². The maximum absolute atomic E-state index is 12.8. The van der Waals surface area contributed by atoms with Crippen molar-refractivity contribution in [1.29, 1.82) is 0 Å².